The minimum atomic E-state index is -0.506. The maximum atomic E-state index is 9.46. The molecule has 1 rings (SSSR count). The molecule has 0 aromatic carbocycles. The van der Waals surface area contributed by atoms with Gasteiger partial charge in [0, 0.05) is 20.2 Å². The van der Waals surface area contributed by atoms with E-state index < -0.39 is 6.10 Å². The molecule has 0 spiro atoms. The molecule has 0 fully saturated rings. The number of nitrogens with one attached hydrogen (secondary N) is 2. The second-order valence-electron chi connectivity index (χ2n) is 3.61. The number of aliphatic hydroxyl groups excluding tert-OH is 1. The zero-order valence-corrected chi connectivity index (χ0v) is 11.2. The first-order valence-electron chi connectivity index (χ1n) is 5.72. The SMILES string of the molecule is CCNc1nc(Cl)nc(NCCC(O)COC)n1. The summed E-state index contributed by atoms with van der Waals surface area (Å²) in [5.41, 5.74) is 0. The first-order valence-corrected chi connectivity index (χ1v) is 6.09. The van der Waals surface area contributed by atoms with Crippen LogP contribution in [0.15, 0.2) is 0 Å². The third-order valence-corrected chi connectivity index (χ3v) is 2.23. The molecular weight excluding hydrogens is 258 g/mol. The van der Waals surface area contributed by atoms with Gasteiger partial charge in [0.1, 0.15) is 0 Å². The van der Waals surface area contributed by atoms with Crippen LogP contribution in [0.25, 0.3) is 0 Å². The van der Waals surface area contributed by atoms with E-state index in [1.165, 1.54) is 0 Å². The second kappa shape index (κ2) is 8.02. The molecule has 18 heavy (non-hydrogen) atoms. The number of anilines is 2. The van der Waals surface area contributed by atoms with Crippen molar-refractivity contribution in [1.29, 1.82) is 0 Å². The summed E-state index contributed by atoms with van der Waals surface area (Å²) in [4.78, 5) is 12.0. The first kappa shape index (κ1) is 14.9. The van der Waals surface area contributed by atoms with E-state index in [4.69, 9.17) is 16.3 Å². The predicted molar refractivity (Wildman–Crippen MR) is 70.0 cm³/mol. The smallest absolute Gasteiger partial charge is 0.228 e. The van der Waals surface area contributed by atoms with Crippen molar-refractivity contribution < 1.29 is 9.84 Å². The van der Waals surface area contributed by atoms with E-state index in [1.54, 1.807) is 7.11 Å². The third-order valence-electron chi connectivity index (χ3n) is 2.06. The molecule has 0 saturated heterocycles. The summed E-state index contributed by atoms with van der Waals surface area (Å²) in [5, 5.41) is 15.5. The van der Waals surface area contributed by atoms with Crippen molar-refractivity contribution in [2.24, 2.45) is 0 Å². The zero-order chi connectivity index (χ0) is 13.4. The Hall–Kier alpha value is -1.18. The van der Waals surface area contributed by atoms with Crippen molar-refractivity contribution in [2.75, 3.05) is 37.4 Å². The maximum absolute atomic E-state index is 9.46. The van der Waals surface area contributed by atoms with Crippen molar-refractivity contribution >= 4 is 23.5 Å². The van der Waals surface area contributed by atoms with Gasteiger partial charge in [0.25, 0.3) is 0 Å². The molecule has 1 aromatic rings. The van der Waals surface area contributed by atoms with E-state index in [1.807, 2.05) is 6.92 Å². The second-order valence-corrected chi connectivity index (χ2v) is 3.94. The van der Waals surface area contributed by atoms with Crippen LogP contribution < -0.4 is 10.6 Å². The van der Waals surface area contributed by atoms with Crippen LogP contribution in [-0.2, 0) is 4.74 Å². The van der Waals surface area contributed by atoms with Crippen LogP contribution in [0.2, 0.25) is 5.28 Å². The van der Waals surface area contributed by atoms with Gasteiger partial charge >= 0.3 is 0 Å². The fourth-order valence-electron chi connectivity index (χ4n) is 1.29. The minimum absolute atomic E-state index is 0.126. The van der Waals surface area contributed by atoms with E-state index in [0.29, 0.717) is 38.0 Å². The summed E-state index contributed by atoms with van der Waals surface area (Å²) in [6, 6.07) is 0. The molecule has 3 N–H and O–H groups in total. The Morgan fingerprint density at radius 1 is 1.28 bits per heavy atom. The summed E-state index contributed by atoms with van der Waals surface area (Å²) in [6.07, 6.45) is 0.0290. The van der Waals surface area contributed by atoms with Gasteiger partial charge in [-0.1, -0.05) is 0 Å². The molecule has 0 radical (unpaired) electrons. The van der Waals surface area contributed by atoms with Gasteiger partial charge in [-0.15, -0.1) is 0 Å². The molecule has 1 atom stereocenters. The van der Waals surface area contributed by atoms with Gasteiger partial charge < -0.3 is 20.5 Å². The number of aromatic nitrogens is 3. The van der Waals surface area contributed by atoms with Crippen LogP contribution in [0, 0.1) is 0 Å². The summed E-state index contributed by atoms with van der Waals surface area (Å²) in [5.74, 6) is 0.813. The largest absolute Gasteiger partial charge is 0.391 e. The zero-order valence-electron chi connectivity index (χ0n) is 10.5. The Kier molecular flexibility index (Phi) is 6.63. The molecule has 8 heteroatoms. The molecule has 7 nitrogen and oxygen atoms in total. The lowest BCUT2D eigenvalue weighted by Gasteiger charge is -2.10. The number of nitrogens with zero attached hydrogens (tertiary/aromatic N) is 3. The standard InChI is InChI=1S/C10H18ClN5O2/c1-3-12-9-14-8(11)15-10(16-9)13-5-4-7(17)6-18-2/h7,17H,3-6H2,1-2H3,(H2,12,13,14,15,16). The van der Waals surface area contributed by atoms with Gasteiger partial charge in [-0.2, -0.15) is 15.0 Å². The molecule has 1 aromatic heterocycles. The number of ether oxygens (including phenoxy) is 1. The van der Waals surface area contributed by atoms with E-state index in [-0.39, 0.29) is 5.28 Å². The fourth-order valence-corrected chi connectivity index (χ4v) is 1.45. The van der Waals surface area contributed by atoms with Crippen LogP contribution in [0.5, 0.6) is 0 Å². The molecule has 0 bridgehead atoms. The molecule has 0 saturated carbocycles. The Morgan fingerprint density at radius 3 is 2.56 bits per heavy atom. The van der Waals surface area contributed by atoms with Crippen LogP contribution >= 0.6 is 11.6 Å². The van der Waals surface area contributed by atoms with Gasteiger partial charge in [0.15, 0.2) is 0 Å². The van der Waals surface area contributed by atoms with Crippen LogP contribution in [0.4, 0.5) is 11.9 Å². The van der Waals surface area contributed by atoms with Crippen molar-refractivity contribution in [3.63, 3.8) is 0 Å². The average molecular weight is 276 g/mol. The first-order chi connectivity index (χ1) is 8.65. The van der Waals surface area contributed by atoms with Crippen molar-refractivity contribution in [3.8, 4) is 0 Å². The van der Waals surface area contributed by atoms with Crippen molar-refractivity contribution in [2.45, 2.75) is 19.4 Å². The average Bonchev–Trinajstić information content (AvgIpc) is 2.29. The Balaban J connectivity index is 2.46. The molecule has 102 valence electrons. The topological polar surface area (TPSA) is 92.2 Å². The monoisotopic (exact) mass is 275 g/mol. The summed E-state index contributed by atoms with van der Waals surface area (Å²) < 4.78 is 4.83. The number of rotatable bonds is 8. The molecular formula is C10H18ClN5O2. The highest BCUT2D eigenvalue weighted by Gasteiger charge is 2.06. The molecule has 0 aliphatic heterocycles. The number of hydrogen-bond donors (Lipinski definition) is 3. The summed E-state index contributed by atoms with van der Waals surface area (Å²) >= 11 is 5.77. The normalized spacial score (nSPS) is 12.2. The minimum Gasteiger partial charge on any atom is -0.391 e. The molecule has 0 aliphatic rings. The van der Waals surface area contributed by atoms with Crippen molar-refractivity contribution in [1.82, 2.24) is 15.0 Å². The molecule has 1 heterocycles. The van der Waals surface area contributed by atoms with Crippen LogP contribution in [0.3, 0.4) is 0 Å². The lowest BCUT2D eigenvalue weighted by atomic mass is 10.3. The molecule has 1 unspecified atom stereocenters. The Bertz CT molecular complexity index is 366. The number of hydrogen-bond acceptors (Lipinski definition) is 7. The number of methoxy groups -OCH3 is 1. The van der Waals surface area contributed by atoms with Gasteiger partial charge in [-0.3, -0.25) is 0 Å². The lowest BCUT2D eigenvalue weighted by molar-refractivity contribution is 0.0615. The highest BCUT2D eigenvalue weighted by Crippen LogP contribution is 2.09. The van der Waals surface area contributed by atoms with Gasteiger partial charge in [0.05, 0.1) is 12.7 Å². The highest BCUT2D eigenvalue weighted by molar-refractivity contribution is 6.28. The summed E-state index contributed by atoms with van der Waals surface area (Å²) in [6.45, 7) is 3.47. The fraction of sp³-hybridized carbons (Fsp3) is 0.700. The van der Waals surface area contributed by atoms with E-state index in [2.05, 4.69) is 25.6 Å². The highest BCUT2D eigenvalue weighted by atomic mass is 35.5. The predicted octanol–water partition coefficient (Wildman–Crippen LogP) is 0.766. The van der Waals surface area contributed by atoms with Gasteiger partial charge in [-0.25, -0.2) is 0 Å². The van der Waals surface area contributed by atoms with Crippen LogP contribution in [-0.4, -0.2) is 53.0 Å². The molecule has 0 aliphatic carbocycles. The van der Waals surface area contributed by atoms with E-state index in [0.717, 1.165) is 0 Å². The maximum Gasteiger partial charge on any atom is 0.228 e. The van der Waals surface area contributed by atoms with Gasteiger partial charge in [-0.05, 0) is 24.9 Å². The Labute approximate surface area is 111 Å². The third kappa shape index (κ3) is 5.44. The van der Waals surface area contributed by atoms with E-state index >= 15 is 0 Å². The van der Waals surface area contributed by atoms with Crippen LogP contribution in [0.1, 0.15) is 13.3 Å². The number of halogens is 1. The summed E-state index contributed by atoms with van der Waals surface area (Å²) in [7, 11) is 1.55. The van der Waals surface area contributed by atoms with Crippen molar-refractivity contribution in [3.05, 3.63) is 5.28 Å². The number of aliphatic hydroxyl groups is 1. The van der Waals surface area contributed by atoms with Gasteiger partial charge in [0.2, 0.25) is 17.2 Å². The van der Waals surface area contributed by atoms with E-state index in [9.17, 15) is 5.11 Å². The Morgan fingerprint density at radius 2 is 1.94 bits per heavy atom. The molecule has 0 amide bonds. The lowest BCUT2D eigenvalue weighted by Crippen LogP contribution is -2.19. The quantitative estimate of drug-likeness (QED) is 0.645.